The normalized spacial score (nSPS) is 17.3. The Balaban J connectivity index is 0.000000154. The van der Waals surface area contributed by atoms with Crippen molar-refractivity contribution in [2.24, 2.45) is 17.8 Å². The highest BCUT2D eigenvalue weighted by atomic mass is 32.2. The molecular weight excluding hydrogens is 2020 g/mol. The van der Waals surface area contributed by atoms with Crippen molar-refractivity contribution in [3.8, 4) is 11.5 Å². The number of halogens is 20. The largest absolute Gasteiger partial charge is 0.451 e. The molecule has 4 aliphatic rings. The van der Waals surface area contributed by atoms with Crippen molar-refractivity contribution in [3.63, 3.8) is 0 Å². The number of aryl methyl sites for hydroxylation is 6. The topological polar surface area (TPSA) is 154 Å². The van der Waals surface area contributed by atoms with E-state index in [-0.39, 0.29) is 74.6 Å². The third-order valence-electron chi connectivity index (χ3n) is 23.7. The van der Waals surface area contributed by atoms with Crippen molar-refractivity contribution in [1.29, 1.82) is 0 Å². The maximum absolute atomic E-state index is 14.5. The zero-order chi connectivity index (χ0) is 105. The number of nitrogens with zero attached hydrogens (tertiary/aromatic N) is 1. The minimum atomic E-state index is -6.98. The first-order valence-electron chi connectivity index (χ1n) is 44.1. The predicted molar refractivity (Wildman–Crippen MR) is 508 cm³/mol. The van der Waals surface area contributed by atoms with E-state index in [1.54, 1.807) is 43.3 Å². The average molecular weight is 2120 g/mol. The fraction of sp³-hybridized carbons (Fsp3) is 0.264. The lowest BCUT2D eigenvalue weighted by Gasteiger charge is -2.37. The minimum Gasteiger partial charge on any atom is -0.451 e. The summed E-state index contributed by atoms with van der Waals surface area (Å²) in [6.07, 6.45) is -3.40. The fourth-order valence-electron chi connectivity index (χ4n) is 17.1. The molecular formula is C106H96F20NO10S6+3. The van der Waals surface area contributed by atoms with Gasteiger partial charge in [0.2, 0.25) is 23.2 Å². The van der Waals surface area contributed by atoms with E-state index in [2.05, 4.69) is 135 Å². The van der Waals surface area contributed by atoms with Crippen LogP contribution in [0.15, 0.2) is 346 Å². The number of sulfone groups is 1. The number of piperidine rings is 1. The van der Waals surface area contributed by atoms with Gasteiger partial charge in [0.15, 0.2) is 65.5 Å². The fourth-order valence-corrected chi connectivity index (χ4v) is 26.5. The van der Waals surface area contributed by atoms with E-state index in [4.69, 9.17) is 18.8 Å². The molecule has 2 saturated carbocycles. The summed E-state index contributed by atoms with van der Waals surface area (Å²) in [6.45, 7) is 12.0. The van der Waals surface area contributed by atoms with Crippen molar-refractivity contribution in [2.45, 2.75) is 189 Å². The summed E-state index contributed by atoms with van der Waals surface area (Å²) in [5.74, 6) is -27.3. The molecule has 2 aliphatic carbocycles. The van der Waals surface area contributed by atoms with Crippen LogP contribution >= 0.6 is 0 Å². The lowest BCUT2D eigenvalue weighted by atomic mass is 9.79. The molecule has 4 fully saturated rings. The van der Waals surface area contributed by atoms with E-state index in [1.165, 1.54) is 63.2 Å². The van der Waals surface area contributed by atoms with Crippen molar-refractivity contribution in [3.05, 3.63) is 394 Å². The molecule has 37 heteroatoms. The smallest absolute Gasteiger partial charge is 0.439 e. The second kappa shape index (κ2) is 44.9. The summed E-state index contributed by atoms with van der Waals surface area (Å²) < 4.78 is 362. The summed E-state index contributed by atoms with van der Waals surface area (Å²) in [7, 11) is -17.9. The minimum absolute atomic E-state index is 0.0146. The van der Waals surface area contributed by atoms with Crippen LogP contribution in [0, 0.1) is 107 Å². The predicted octanol–water partition coefficient (Wildman–Crippen LogP) is 28.5. The standard InChI is InChI=1S/C25H26F3S.C23H22F4O2.C18H12F3S.C18H15S.C14H10F4O3S.C8H11F6NO5S2/c1-15-7-16(2)12-22(11-15)29(24-19(5)8-17(3)9-20(24)6)23-13-18(4)10-21(14-23)25(26,27)28;1-21(24,25)23(26,27)18-13-14-12-17(18)20-19(14)28-22(29-20,15-8-4-2-5-9-15)16-10-6-3-7-11-16;19-13-1-7-16(8-2-13)22(17-9-3-14(20)4-10-17)18-11-5-15(21)6-12-18;1-4-10-16(11-5-1)19(17-12-6-2-7-13-17)18-14-8-3-9-15-18;1-7-10(15)12(17)14(13(18)11(7)16)21-8-3-5-9(6-4-8)22(2,19)20;9-6(10,8(13,14)22(18,19)20)7(11,12)21(16,17)15-4-2-1-3-5-15/h7-14H,1-6H3;2-11,14,17-20H,12-13H2,1H3;1-12H;1-15H;3-6H,1-2H3;1-5H2,(H,18,19,20)/q+1;;2*+1;;. The third-order valence-corrected chi connectivity index (χ3v) is 34.6. The molecule has 2 saturated heterocycles. The molecule has 0 amide bonds. The van der Waals surface area contributed by atoms with Gasteiger partial charge in [0, 0.05) is 66.1 Å². The van der Waals surface area contributed by atoms with Crippen LogP contribution in [0.25, 0.3) is 0 Å². The van der Waals surface area contributed by atoms with Crippen LogP contribution in [-0.4, -0.2) is 93.9 Å². The number of rotatable bonds is 21. The van der Waals surface area contributed by atoms with Crippen LogP contribution in [-0.2, 0) is 84.1 Å². The van der Waals surface area contributed by atoms with E-state index in [0.29, 0.717) is 30.2 Å². The maximum atomic E-state index is 14.5. The van der Waals surface area contributed by atoms with Gasteiger partial charge in [0.1, 0.15) is 23.2 Å². The molecule has 17 rings (SSSR count). The molecule has 2 bridgehead atoms. The molecule has 6 atom stereocenters. The van der Waals surface area contributed by atoms with Crippen LogP contribution in [0.1, 0.15) is 94.7 Å². The van der Waals surface area contributed by atoms with E-state index >= 15 is 0 Å². The van der Waals surface area contributed by atoms with Crippen LogP contribution in [0.4, 0.5) is 87.8 Å². The molecule has 0 aromatic heterocycles. The summed E-state index contributed by atoms with van der Waals surface area (Å²) >= 11 is 0. The number of hydrogen-bond acceptors (Lipinski definition) is 9. The Morgan fingerprint density at radius 3 is 1.14 bits per heavy atom. The molecule has 6 unspecified atom stereocenters. The third kappa shape index (κ3) is 24.9. The Morgan fingerprint density at radius 2 is 0.762 bits per heavy atom. The second-order valence-corrected chi connectivity index (χ2v) is 45.9. The Hall–Kier alpha value is -11.0. The van der Waals surface area contributed by atoms with Crippen molar-refractivity contribution < 1.29 is 132 Å². The van der Waals surface area contributed by atoms with Gasteiger partial charge in [0.05, 0.1) is 55.4 Å². The van der Waals surface area contributed by atoms with E-state index in [9.17, 15) is 113 Å². The number of alkyl halides is 13. The summed E-state index contributed by atoms with van der Waals surface area (Å²) in [4.78, 5) is 9.58. The van der Waals surface area contributed by atoms with Gasteiger partial charge in [-0.05, 0) is 260 Å². The Labute approximate surface area is 824 Å². The van der Waals surface area contributed by atoms with Crippen LogP contribution in [0.2, 0.25) is 0 Å². The number of fused-ring (bicyclic) bond motifs is 5. The number of benzene rings is 13. The van der Waals surface area contributed by atoms with Gasteiger partial charge >= 0.3 is 44.6 Å². The van der Waals surface area contributed by atoms with Gasteiger partial charge in [-0.25, -0.2) is 47.6 Å². The Kier molecular flexibility index (Phi) is 34.8. The lowest BCUT2D eigenvalue weighted by molar-refractivity contribution is -0.246. The molecule has 758 valence electrons. The molecule has 13 aromatic carbocycles. The Bertz CT molecular complexity index is 6620. The van der Waals surface area contributed by atoms with Crippen LogP contribution < -0.4 is 4.74 Å². The van der Waals surface area contributed by atoms with E-state index in [1.807, 2.05) is 87.5 Å². The summed E-state index contributed by atoms with van der Waals surface area (Å²) in [5, 5.41) is -13.1. The van der Waals surface area contributed by atoms with Gasteiger partial charge in [-0.2, -0.15) is 69.8 Å². The first-order chi connectivity index (χ1) is 67.0. The highest BCUT2D eigenvalue weighted by Crippen LogP contribution is 2.64. The molecule has 0 radical (unpaired) electrons. The SMILES string of the molecule is CC(F)(F)C(F)(F)C1CC2CC1C1OC(c3ccccc3)(c3ccccc3)OC21.Cc1c(F)c(F)c(Oc2ccc(S(C)(=O)=O)cc2)c(F)c1F.Cc1cc(C)cc([S+](c2cc(C)cc(C(F)(F)F)c2)c2c(C)cc(C)cc2C)c1.Fc1ccc([S+](c2ccc(F)cc2)c2ccc(F)cc2)cc1.O=S(=O)(O)C(F)(F)C(F)(F)C(F)(F)S(=O)(=O)N1CCCCC1.c1ccc([S+](c2ccccc2)c2ccccc2)cc1. The van der Waals surface area contributed by atoms with Gasteiger partial charge < -0.3 is 14.2 Å². The average Bonchev–Trinajstić information content (AvgIpc) is 1.51. The lowest BCUT2D eigenvalue weighted by Crippen LogP contribution is -2.63. The zero-order valence-corrected chi connectivity index (χ0v) is 82.6. The molecule has 13 aromatic rings. The van der Waals surface area contributed by atoms with Crippen molar-refractivity contribution in [1.82, 2.24) is 4.31 Å². The summed E-state index contributed by atoms with van der Waals surface area (Å²) in [6, 6.07) is 88.9. The zero-order valence-electron chi connectivity index (χ0n) is 77.7. The molecule has 2 heterocycles. The highest BCUT2D eigenvalue weighted by molar-refractivity contribution is 7.97. The van der Waals surface area contributed by atoms with Crippen LogP contribution in [0.3, 0.4) is 0 Å². The first-order valence-corrected chi connectivity index (χ1v) is 52.6. The summed E-state index contributed by atoms with van der Waals surface area (Å²) in [5.41, 5.74) is 6.39. The van der Waals surface area contributed by atoms with Crippen LogP contribution in [0.5, 0.6) is 11.5 Å². The van der Waals surface area contributed by atoms with E-state index in [0.717, 1.165) is 101 Å². The molecule has 143 heavy (non-hydrogen) atoms. The van der Waals surface area contributed by atoms with Gasteiger partial charge in [-0.3, -0.25) is 4.55 Å². The second-order valence-electron chi connectivity index (χ2n) is 34.4. The molecule has 1 N–H and O–H groups in total. The number of ether oxygens (including phenoxy) is 3. The number of hydrogen-bond donors (Lipinski definition) is 1. The molecule has 0 spiro atoms. The van der Waals surface area contributed by atoms with Gasteiger partial charge in [-0.15, -0.1) is 0 Å². The number of sulfonamides is 1. The maximum Gasteiger partial charge on any atom is 0.439 e. The van der Waals surface area contributed by atoms with Crippen molar-refractivity contribution in [2.75, 3.05) is 19.3 Å². The first kappa shape index (κ1) is 111. The Morgan fingerprint density at radius 1 is 0.399 bits per heavy atom. The van der Waals surface area contributed by atoms with Gasteiger partial charge in [-0.1, -0.05) is 145 Å². The highest BCUT2D eigenvalue weighted by Gasteiger charge is 2.83. The molecule has 11 nitrogen and oxygen atoms in total. The van der Waals surface area contributed by atoms with Gasteiger partial charge in [0.25, 0.3) is 10.0 Å². The quantitative estimate of drug-likeness (QED) is 0.0318. The van der Waals surface area contributed by atoms with Crippen molar-refractivity contribution >= 4 is 62.7 Å². The van der Waals surface area contributed by atoms with E-state index < -0.39 is 163 Å². The molecule has 2 aliphatic heterocycles. The monoisotopic (exact) mass is 2110 g/mol.